The Morgan fingerprint density at radius 1 is 0.680 bits per heavy atom. The van der Waals surface area contributed by atoms with Gasteiger partial charge in [-0.1, -0.05) is 54.6 Å². The van der Waals surface area contributed by atoms with E-state index in [2.05, 4.69) is 60.7 Å². The van der Waals surface area contributed by atoms with Gasteiger partial charge in [0.05, 0.1) is 11.6 Å². The minimum atomic E-state index is 0.725. The Kier molecular flexibility index (Phi) is 4.36. The second kappa shape index (κ2) is 6.95. The zero-order valence-corrected chi connectivity index (χ0v) is 14.3. The molecule has 0 N–H and O–H groups in total. The molecule has 1 heteroatoms. The van der Waals surface area contributed by atoms with Crippen LogP contribution in [0.1, 0.15) is 38.9 Å². The number of rotatable bonds is 2. The maximum Gasteiger partial charge on any atom is 0.0991 e. The van der Waals surface area contributed by atoms with Crippen molar-refractivity contribution in [1.82, 2.24) is 0 Å². The van der Waals surface area contributed by atoms with E-state index in [1.165, 1.54) is 33.4 Å². The molecule has 0 fully saturated rings. The molecule has 0 saturated heterocycles. The van der Waals surface area contributed by atoms with Crippen LogP contribution in [-0.4, -0.2) is 0 Å². The van der Waals surface area contributed by atoms with E-state index >= 15 is 0 Å². The van der Waals surface area contributed by atoms with Crippen LogP contribution in [0.2, 0.25) is 0 Å². The smallest absolute Gasteiger partial charge is 0.0991 e. The summed E-state index contributed by atoms with van der Waals surface area (Å²) in [6.45, 7) is 0. The lowest BCUT2D eigenvalue weighted by atomic mass is 9.91. The molecule has 0 spiro atoms. The largest absolute Gasteiger partial charge is 0.192 e. The van der Waals surface area contributed by atoms with Gasteiger partial charge in [0.25, 0.3) is 0 Å². The van der Waals surface area contributed by atoms with Gasteiger partial charge in [-0.05, 0) is 77.6 Å². The number of nitrogens with zero attached hydrogens (tertiary/aromatic N) is 1. The molecule has 3 aromatic rings. The molecule has 0 saturated carbocycles. The molecule has 4 aliphatic rings. The summed E-state index contributed by atoms with van der Waals surface area (Å²) in [4.78, 5) is 0. The Bertz CT molecular complexity index is 912. The van der Waals surface area contributed by atoms with Gasteiger partial charge in [-0.25, -0.2) is 0 Å². The molecule has 0 aliphatic heterocycles. The first kappa shape index (κ1) is 15.7. The van der Waals surface area contributed by atoms with E-state index in [1.807, 2.05) is 12.1 Å². The standard InChI is InChI=1S/C24H21N/c25-17-22-9-7-20(8-10-22)15-24-16-21-6-5-18-1-3-19(4-2-18)11-13-23(24)14-12-21/h1-4,7-10,12,14,16H,5-6,11,13,15H2. The van der Waals surface area contributed by atoms with Gasteiger partial charge >= 0.3 is 0 Å². The first-order valence-corrected chi connectivity index (χ1v) is 8.98. The van der Waals surface area contributed by atoms with Gasteiger partial charge in [0.15, 0.2) is 0 Å². The summed E-state index contributed by atoms with van der Waals surface area (Å²) in [6, 6.07) is 26.3. The van der Waals surface area contributed by atoms with E-state index in [0.717, 1.165) is 37.7 Å². The van der Waals surface area contributed by atoms with Crippen molar-refractivity contribution >= 4 is 0 Å². The van der Waals surface area contributed by atoms with Gasteiger partial charge in [0, 0.05) is 0 Å². The Labute approximate surface area is 149 Å². The highest BCUT2D eigenvalue weighted by molar-refractivity contribution is 5.40. The predicted molar refractivity (Wildman–Crippen MR) is 102 cm³/mol. The van der Waals surface area contributed by atoms with Crippen molar-refractivity contribution in [3.63, 3.8) is 0 Å². The summed E-state index contributed by atoms with van der Waals surface area (Å²) >= 11 is 0. The average molecular weight is 323 g/mol. The summed E-state index contributed by atoms with van der Waals surface area (Å²) < 4.78 is 0. The molecule has 25 heavy (non-hydrogen) atoms. The van der Waals surface area contributed by atoms with Crippen molar-refractivity contribution in [3.05, 3.63) is 106 Å². The maximum atomic E-state index is 8.97. The van der Waals surface area contributed by atoms with Crippen molar-refractivity contribution in [3.8, 4) is 6.07 Å². The van der Waals surface area contributed by atoms with Gasteiger partial charge in [-0.3, -0.25) is 0 Å². The topological polar surface area (TPSA) is 23.8 Å². The normalized spacial score (nSPS) is 13.1. The summed E-state index contributed by atoms with van der Waals surface area (Å²) in [7, 11) is 0. The third-order valence-electron chi connectivity index (χ3n) is 5.16. The summed E-state index contributed by atoms with van der Waals surface area (Å²) in [5, 5.41) is 8.97. The van der Waals surface area contributed by atoms with Crippen molar-refractivity contribution in [2.45, 2.75) is 32.1 Å². The molecule has 4 aliphatic carbocycles. The SMILES string of the molecule is N#Cc1ccc(Cc2cc3ccc2CCc2ccc(cc2)CC3)cc1. The number of nitriles is 1. The van der Waals surface area contributed by atoms with Crippen molar-refractivity contribution in [2.75, 3.05) is 0 Å². The van der Waals surface area contributed by atoms with E-state index in [0.29, 0.717) is 0 Å². The van der Waals surface area contributed by atoms with Crippen LogP contribution in [0.4, 0.5) is 0 Å². The number of benzene rings is 3. The van der Waals surface area contributed by atoms with Crippen LogP contribution >= 0.6 is 0 Å². The van der Waals surface area contributed by atoms with E-state index in [9.17, 15) is 0 Å². The quantitative estimate of drug-likeness (QED) is 0.648. The average Bonchev–Trinajstić information content (AvgIpc) is 2.65. The van der Waals surface area contributed by atoms with E-state index in [-0.39, 0.29) is 0 Å². The molecular weight excluding hydrogens is 302 g/mol. The molecule has 3 aromatic carbocycles. The predicted octanol–water partition coefficient (Wildman–Crippen LogP) is 5.03. The first-order chi connectivity index (χ1) is 12.3. The van der Waals surface area contributed by atoms with E-state index < -0.39 is 0 Å². The zero-order valence-electron chi connectivity index (χ0n) is 14.3. The van der Waals surface area contributed by atoms with Gasteiger partial charge in [0.1, 0.15) is 0 Å². The molecule has 0 aromatic heterocycles. The third-order valence-corrected chi connectivity index (χ3v) is 5.16. The molecular formula is C24H21N. The van der Waals surface area contributed by atoms with Crippen LogP contribution in [0.5, 0.6) is 0 Å². The minimum absolute atomic E-state index is 0.725. The monoisotopic (exact) mass is 323 g/mol. The van der Waals surface area contributed by atoms with Gasteiger partial charge in [-0.2, -0.15) is 5.26 Å². The van der Waals surface area contributed by atoms with Crippen LogP contribution in [0.15, 0.2) is 66.7 Å². The van der Waals surface area contributed by atoms with Crippen LogP contribution < -0.4 is 0 Å². The van der Waals surface area contributed by atoms with Crippen molar-refractivity contribution < 1.29 is 0 Å². The lowest BCUT2D eigenvalue weighted by Gasteiger charge is -2.14. The second-order valence-corrected chi connectivity index (χ2v) is 6.91. The molecule has 4 bridgehead atoms. The second-order valence-electron chi connectivity index (χ2n) is 6.91. The molecule has 1 nitrogen and oxygen atoms in total. The first-order valence-electron chi connectivity index (χ1n) is 8.98. The number of hydrogen-bond acceptors (Lipinski definition) is 1. The highest BCUT2D eigenvalue weighted by Crippen LogP contribution is 2.22. The highest BCUT2D eigenvalue weighted by atomic mass is 14.2. The molecule has 0 radical (unpaired) electrons. The Hall–Kier alpha value is -2.85. The van der Waals surface area contributed by atoms with Gasteiger partial charge in [-0.15, -0.1) is 0 Å². The lowest BCUT2D eigenvalue weighted by molar-refractivity contribution is 0.903. The minimum Gasteiger partial charge on any atom is -0.192 e. The molecule has 0 atom stereocenters. The summed E-state index contributed by atoms with van der Waals surface area (Å²) in [5.74, 6) is 0. The fourth-order valence-electron chi connectivity index (χ4n) is 3.60. The van der Waals surface area contributed by atoms with Crippen molar-refractivity contribution in [2.24, 2.45) is 0 Å². The zero-order chi connectivity index (χ0) is 17.1. The number of hydrogen-bond donors (Lipinski definition) is 0. The van der Waals surface area contributed by atoms with E-state index in [4.69, 9.17) is 5.26 Å². The third kappa shape index (κ3) is 3.64. The molecule has 0 amide bonds. The van der Waals surface area contributed by atoms with Crippen LogP contribution in [0.3, 0.4) is 0 Å². The van der Waals surface area contributed by atoms with E-state index in [1.54, 1.807) is 0 Å². The molecule has 0 heterocycles. The van der Waals surface area contributed by atoms with Gasteiger partial charge < -0.3 is 0 Å². The molecule has 7 rings (SSSR count). The highest BCUT2D eigenvalue weighted by Gasteiger charge is 2.09. The molecule has 0 unspecified atom stereocenters. The lowest BCUT2D eigenvalue weighted by Crippen LogP contribution is -2.03. The van der Waals surface area contributed by atoms with Crippen LogP contribution in [-0.2, 0) is 32.1 Å². The van der Waals surface area contributed by atoms with Crippen LogP contribution in [0.25, 0.3) is 0 Å². The van der Waals surface area contributed by atoms with Gasteiger partial charge in [0.2, 0.25) is 0 Å². The molecule has 122 valence electrons. The number of aryl methyl sites for hydroxylation is 4. The Balaban J connectivity index is 1.65. The summed E-state index contributed by atoms with van der Waals surface area (Å²) in [5.41, 5.74) is 9.11. The Morgan fingerprint density at radius 3 is 1.96 bits per heavy atom. The Morgan fingerprint density at radius 2 is 1.28 bits per heavy atom. The summed E-state index contributed by atoms with van der Waals surface area (Å²) in [6.07, 6.45) is 5.27. The maximum absolute atomic E-state index is 8.97. The fourth-order valence-corrected chi connectivity index (χ4v) is 3.60. The van der Waals surface area contributed by atoms with Crippen LogP contribution in [0, 0.1) is 11.3 Å². The van der Waals surface area contributed by atoms with Crippen molar-refractivity contribution in [1.29, 1.82) is 5.26 Å². The fraction of sp³-hybridized carbons (Fsp3) is 0.208.